The minimum absolute atomic E-state index is 0.0912. The van der Waals surface area contributed by atoms with Gasteiger partial charge < -0.3 is 30.1 Å². The van der Waals surface area contributed by atoms with Crippen molar-refractivity contribution < 1.29 is 29.0 Å². The van der Waals surface area contributed by atoms with Gasteiger partial charge in [-0.1, -0.05) is 48.5 Å². The van der Waals surface area contributed by atoms with Crippen LogP contribution in [0.3, 0.4) is 0 Å². The fourth-order valence-corrected chi connectivity index (χ4v) is 4.11. The highest BCUT2D eigenvalue weighted by molar-refractivity contribution is 5.90. The molecule has 3 rings (SSSR count). The first-order chi connectivity index (χ1) is 16.2. The van der Waals surface area contributed by atoms with E-state index in [0.717, 1.165) is 22.3 Å². The predicted octanol–water partition coefficient (Wildman–Crippen LogP) is 2.06. The number of carboxylic acid groups (broad SMARTS) is 1. The lowest BCUT2D eigenvalue weighted by Gasteiger charge is -2.26. The van der Waals surface area contributed by atoms with E-state index < -0.39 is 36.2 Å². The number of ether oxygens (including phenoxy) is 2. The van der Waals surface area contributed by atoms with Gasteiger partial charge in [0.1, 0.15) is 18.7 Å². The summed E-state index contributed by atoms with van der Waals surface area (Å²) in [5.74, 6) is -1.97. The molecule has 0 bridgehead atoms. The van der Waals surface area contributed by atoms with Gasteiger partial charge in [0.2, 0.25) is 5.91 Å². The Balaban J connectivity index is 1.68. The van der Waals surface area contributed by atoms with E-state index >= 15 is 0 Å². The average Bonchev–Trinajstić information content (AvgIpc) is 3.13. The Morgan fingerprint density at radius 1 is 1.00 bits per heavy atom. The van der Waals surface area contributed by atoms with E-state index in [0.29, 0.717) is 0 Å². The summed E-state index contributed by atoms with van der Waals surface area (Å²) in [4.78, 5) is 38.6. The number of methoxy groups -OCH3 is 1. The standard InChI is InChI=1S/C25H31N3O6/c1-15(33-4)22(23(29)26-21(24(30)31)13-28(2)3)27-25(32)34-14-20-18-11-7-5-9-16(18)17-10-6-8-12-19(17)20/h5-12,15,20-22H,13-14H2,1-4H3,(H,26,29)(H,27,32)(H,30,31)/t15?,21-,22?/m0/s1. The molecule has 2 amide bonds. The summed E-state index contributed by atoms with van der Waals surface area (Å²) < 4.78 is 10.8. The van der Waals surface area contributed by atoms with E-state index in [1.54, 1.807) is 25.9 Å². The van der Waals surface area contributed by atoms with Crippen molar-refractivity contribution >= 4 is 18.0 Å². The van der Waals surface area contributed by atoms with Gasteiger partial charge in [0, 0.05) is 19.6 Å². The van der Waals surface area contributed by atoms with Gasteiger partial charge in [-0.3, -0.25) is 4.79 Å². The third-order valence-corrected chi connectivity index (χ3v) is 5.90. The Morgan fingerprint density at radius 2 is 1.56 bits per heavy atom. The van der Waals surface area contributed by atoms with E-state index in [1.807, 2.05) is 48.5 Å². The van der Waals surface area contributed by atoms with Crippen LogP contribution in [0.5, 0.6) is 0 Å². The van der Waals surface area contributed by atoms with Crippen molar-refractivity contribution in [3.05, 3.63) is 59.7 Å². The number of alkyl carbamates (subject to hydrolysis) is 1. The molecule has 0 aromatic heterocycles. The third kappa shape index (κ3) is 5.73. The number of nitrogens with zero attached hydrogens (tertiary/aromatic N) is 1. The molecule has 0 fully saturated rings. The number of carbonyl (C=O) groups is 3. The fourth-order valence-electron chi connectivity index (χ4n) is 4.11. The molecule has 2 unspecified atom stereocenters. The average molecular weight is 470 g/mol. The maximum Gasteiger partial charge on any atom is 0.407 e. The number of nitrogens with one attached hydrogen (secondary N) is 2. The summed E-state index contributed by atoms with van der Waals surface area (Å²) >= 11 is 0. The second-order valence-corrected chi connectivity index (χ2v) is 8.55. The van der Waals surface area contributed by atoms with Crippen LogP contribution in [-0.2, 0) is 19.1 Å². The minimum atomic E-state index is -1.17. The zero-order valence-corrected chi connectivity index (χ0v) is 19.8. The molecular weight excluding hydrogens is 438 g/mol. The number of benzene rings is 2. The second kappa shape index (κ2) is 11.1. The molecule has 0 saturated heterocycles. The van der Waals surface area contributed by atoms with E-state index in [1.165, 1.54) is 7.11 Å². The zero-order chi connectivity index (χ0) is 24.8. The van der Waals surface area contributed by atoms with Gasteiger partial charge in [0.25, 0.3) is 0 Å². The fraction of sp³-hybridized carbons (Fsp3) is 0.400. The van der Waals surface area contributed by atoms with Crippen molar-refractivity contribution in [1.82, 2.24) is 15.5 Å². The van der Waals surface area contributed by atoms with Gasteiger partial charge in [-0.15, -0.1) is 0 Å². The molecule has 0 spiro atoms. The Kier molecular flexibility index (Phi) is 8.25. The summed E-state index contributed by atoms with van der Waals surface area (Å²) in [7, 11) is 4.80. The topological polar surface area (TPSA) is 117 Å². The van der Waals surface area contributed by atoms with Crippen LogP contribution in [0.1, 0.15) is 24.0 Å². The molecule has 3 atom stereocenters. The third-order valence-electron chi connectivity index (χ3n) is 5.90. The number of carboxylic acids is 1. The number of hydrogen-bond acceptors (Lipinski definition) is 6. The van der Waals surface area contributed by atoms with E-state index in [-0.39, 0.29) is 19.1 Å². The molecule has 2 aromatic carbocycles. The van der Waals surface area contributed by atoms with Gasteiger partial charge in [0.05, 0.1) is 6.10 Å². The molecule has 0 radical (unpaired) electrons. The van der Waals surface area contributed by atoms with Crippen LogP contribution < -0.4 is 10.6 Å². The highest BCUT2D eigenvalue weighted by atomic mass is 16.5. The second-order valence-electron chi connectivity index (χ2n) is 8.55. The smallest absolute Gasteiger partial charge is 0.407 e. The molecular formula is C25H31N3O6. The summed E-state index contributed by atoms with van der Waals surface area (Å²) in [6.45, 7) is 1.80. The van der Waals surface area contributed by atoms with Gasteiger partial charge in [0.15, 0.2) is 0 Å². The molecule has 0 aliphatic heterocycles. The summed E-state index contributed by atoms with van der Waals surface area (Å²) in [5, 5.41) is 14.4. The first-order valence-corrected chi connectivity index (χ1v) is 11.0. The summed E-state index contributed by atoms with van der Waals surface area (Å²) in [5.41, 5.74) is 4.36. The number of hydrogen-bond donors (Lipinski definition) is 3. The van der Waals surface area contributed by atoms with Crippen molar-refractivity contribution in [3.8, 4) is 11.1 Å². The van der Waals surface area contributed by atoms with Crippen LogP contribution in [0.25, 0.3) is 11.1 Å². The van der Waals surface area contributed by atoms with Crippen LogP contribution in [0.4, 0.5) is 4.79 Å². The lowest BCUT2D eigenvalue weighted by molar-refractivity contribution is -0.143. The lowest BCUT2D eigenvalue weighted by Crippen LogP contribution is -2.57. The monoisotopic (exact) mass is 469 g/mol. The Hall–Kier alpha value is -3.43. The van der Waals surface area contributed by atoms with Gasteiger partial charge in [-0.2, -0.15) is 0 Å². The summed E-state index contributed by atoms with van der Waals surface area (Å²) in [6.07, 6.45) is -1.50. The van der Waals surface area contributed by atoms with Crippen LogP contribution >= 0.6 is 0 Å². The predicted molar refractivity (Wildman–Crippen MR) is 127 cm³/mol. The van der Waals surface area contributed by atoms with Crippen LogP contribution in [0, 0.1) is 0 Å². The van der Waals surface area contributed by atoms with E-state index in [4.69, 9.17) is 9.47 Å². The van der Waals surface area contributed by atoms with E-state index in [9.17, 15) is 19.5 Å². The lowest BCUT2D eigenvalue weighted by atomic mass is 9.98. The van der Waals surface area contributed by atoms with Crippen LogP contribution in [-0.4, -0.2) is 80.5 Å². The molecule has 1 aliphatic rings. The minimum Gasteiger partial charge on any atom is -0.480 e. The SMILES string of the molecule is COC(C)C(NC(=O)OCC1c2ccccc2-c2ccccc21)C(=O)N[C@@H](CN(C)C)C(=O)O. The molecule has 34 heavy (non-hydrogen) atoms. The highest BCUT2D eigenvalue weighted by Crippen LogP contribution is 2.44. The van der Waals surface area contributed by atoms with Gasteiger partial charge >= 0.3 is 12.1 Å². The number of rotatable bonds is 10. The first kappa shape index (κ1) is 25.2. The Bertz CT molecular complexity index is 995. The maximum absolute atomic E-state index is 12.8. The quantitative estimate of drug-likeness (QED) is 0.488. The van der Waals surface area contributed by atoms with Gasteiger partial charge in [-0.05, 0) is 43.3 Å². The van der Waals surface area contributed by atoms with Crippen molar-refractivity contribution in [3.63, 3.8) is 0 Å². The Labute approximate surface area is 199 Å². The van der Waals surface area contributed by atoms with Crippen molar-refractivity contribution in [2.24, 2.45) is 0 Å². The number of fused-ring (bicyclic) bond motifs is 3. The molecule has 9 nitrogen and oxygen atoms in total. The van der Waals surface area contributed by atoms with Crippen molar-refractivity contribution in [1.29, 1.82) is 0 Å². The molecule has 182 valence electrons. The van der Waals surface area contributed by atoms with E-state index in [2.05, 4.69) is 10.6 Å². The largest absolute Gasteiger partial charge is 0.480 e. The molecule has 9 heteroatoms. The molecule has 3 N–H and O–H groups in total. The summed E-state index contributed by atoms with van der Waals surface area (Å²) in [6, 6.07) is 13.7. The normalized spacial score (nSPS) is 15.1. The molecule has 0 heterocycles. The van der Waals surface area contributed by atoms with Crippen molar-refractivity contribution in [2.45, 2.75) is 31.0 Å². The van der Waals surface area contributed by atoms with Crippen molar-refractivity contribution in [2.75, 3.05) is 34.4 Å². The maximum atomic E-state index is 12.8. The van der Waals surface area contributed by atoms with Crippen LogP contribution in [0.2, 0.25) is 0 Å². The first-order valence-electron chi connectivity index (χ1n) is 11.0. The molecule has 1 aliphatic carbocycles. The highest BCUT2D eigenvalue weighted by Gasteiger charge is 2.33. The number of carbonyl (C=O) groups excluding carboxylic acids is 2. The number of likely N-dealkylation sites (N-methyl/N-ethyl adjacent to an activating group) is 1. The van der Waals surface area contributed by atoms with Gasteiger partial charge in [-0.25, -0.2) is 9.59 Å². The number of aliphatic carboxylic acids is 1. The number of amides is 2. The van der Waals surface area contributed by atoms with Crippen LogP contribution in [0.15, 0.2) is 48.5 Å². The zero-order valence-electron chi connectivity index (χ0n) is 19.8. The Morgan fingerprint density at radius 3 is 2.06 bits per heavy atom. The molecule has 0 saturated carbocycles. The molecule has 2 aromatic rings.